The van der Waals surface area contributed by atoms with Crippen molar-refractivity contribution < 1.29 is 4.79 Å². The van der Waals surface area contributed by atoms with Crippen LogP contribution in [0.3, 0.4) is 0 Å². The van der Waals surface area contributed by atoms with Crippen molar-refractivity contribution in [1.29, 1.82) is 5.26 Å². The summed E-state index contributed by atoms with van der Waals surface area (Å²) in [5.41, 5.74) is 5.86. The van der Waals surface area contributed by atoms with E-state index in [-0.39, 0.29) is 5.91 Å². The zero-order chi connectivity index (χ0) is 27.4. The van der Waals surface area contributed by atoms with Gasteiger partial charge in [-0.15, -0.1) is 0 Å². The zero-order valence-electron chi connectivity index (χ0n) is 22.5. The molecule has 39 heavy (non-hydrogen) atoms. The Morgan fingerprint density at radius 2 is 1.41 bits per heavy atom. The minimum absolute atomic E-state index is 0.105. The van der Waals surface area contributed by atoms with Crippen LogP contribution in [0.5, 0.6) is 0 Å². The molecule has 2 aliphatic heterocycles. The molecule has 2 saturated heterocycles. The average molecular weight is 559 g/mol. The van der Waals surface area contributed by atoms with E-state index in [2.05, 4.69) is 45.3 Å². The van der Waals surface area contributed by atoms with E-state index in [1.807, 2.05) is 54.3 Å². The lowest BCUT2D eigenvalue weighted by atomic mass is 10.0. The third-order valence-corrected chi connectivity index (χ3v) is 9.34. The highest BCUT2D eigenvalue weighted by Gasteiger charge is 2.26. The number of rotatable bonds is 6. The maximum atomic E-state index is 13.6. The SMILES string of the molecule is Cc1cc(C)c(C(=O)N2CCN(c3ccccc3SN)CC2)cc1SN1CCN(c2ccccc2C#N)CC1. The lowest BCUT2D eigenvalue weighted by Gasteiger charge is -2.37. The Morgan fingerprint density at radius 3 is 2.10 bits per heavy atom. The van der Waals surface area contributed by atoms with Crippen LogP contribution in [0.15, 0.2) is 70.5 Å². The van der Waals surface area contributed by atoms with Crippen LogP contribution in [0.4, 0.5) is 11.4 Å². The Morgan fingerprint density at radius 1 is 0.795 bits per heavy atom. The normalized spacial score (nSPS) is 16.3. The summed E-state index contributed by atoms with van der Waals surface area (Å²) in [6.45, 7) is 10.6. The molecule has 5 rings (SSSR count). The van der Waals surface area contributed by atoms with Crippen molar-refractivity contribution in [3.63, 3.8) is 0 Å². The molecule has 0 aromatic heterocycles. The van der Waals surface area contributed by atoms with Crippen molar-refractivity contribution >= 4 is 41.2 Å². The minimum Gasteiger partial charge on any atom is -0.368 e. The highest BCUT2D eigenvalue weighted by atomic mass is 32.2. The predicted octanol–water partition coefficient (Wildman–Crippen LogP) is 4.93. The Kier molecular flexibility index (Phi) is 8.68. The standard InChI is InChI=1S/C30H34N6OS2/c1-22-19-23(2)29(39-36-17-15-33(16-18-36)26-8-4-3-7-24(26)21-31)20-25(22)30(37)35-13-11-34(12-14-35)27-9-5-6-10-28(27)38-32/h3-10,19-20H,11-18,32H2,1-2H3. The van der Waals surface area contributed by atoms with E-state index >= 15 is 0 Å². The van der Waals surface area contributed by atoms with E-state index in [4.69, 9.17) is 5.14 Å². The number of hydrogen-bond donors (Lipinski definition) is 1. The molecular formula is C30H34N6OS2. The molecule has 0 unspecified atom stereocenters. The second-order valence-electron chi connectivity index (χ2n) is 9.93. The number of piperazine rings is 2. The van der Waals surface area contributed by atoms with Crippen molar-refractivity contribution in [2.24, 2.45) is 5.14 Å². The fourth-order valence-electron chi connectivity index (χ4n) is 5.30. The Balaban J connectivity index is 1.23. The van der Waals surface area contributed by atoms with Crippen LogP contribution in [0.25, 0.3) is 0 Å². The van der Waals surface area contributed by atoms with E-state index in [1.165, 1.54) is 17.5 Å². The van der Waals surface area contributed by atoms with Gasteiger partial charge in [0.15, 0.2) is 0 Å². The average Bonchev–Trinajstić information content (AvgIpc) is 2.98. The van der Waals surface area contributed by atoms with Crippen LogP contribution < -0.4 is 14.9 Å². The van der Waals surface area contributed by atoms with Gasteiger partial charge >= 0.3 is 0 Å². The van der Waals surface area contributed by atoms with Crippen molar-refractivity contribution in [3.8, 4) is 6.07 Å². The van der Waals surface area contributed by atoms with Gasteiger partial charge in [-0.05, 0) is 79.2 Å². The molecule has 0 bridgehead atoms. The fraction of sp³-hybridized carbons (Fsp3) is 0.333. The molecule has 2 heterocycles. The number of nitrogens with two attached hydrogens (primary N) is 1. The summed E-state index contributed by atoms with van der Waals surface area (Å²) >= 11 is 3.00. The summed E-state index contributed by atoms with van der Waals surface area (Å²) in [5.74, 6) is 0.105. The molecule has 202 valence electrons. The van der Waals surface area contributed by atoms with E-state index in [0.29, 0.717) is 13.1 Å². The summed E-state index contributed by atoms with van der Waals surface area (Å²) in [4.78, 5) is 22.4. The molecule has 0 radical (unpaired) electrons. The second kappa shape index (κ2) is 12.3. The lowest BCUT2D eigenvalue weighted by molar-refractivity contribution is 0.0745. The Hall–Kier alpha value is -3.16. The molecule has 2 N–H and O–H groups in total. The van der Waals surface area contributed by atoms with Gasteiger partial charge in [0.2, 0.25) is 0 Å². The number of para-hydroxylation sites is 2. The van der Waals surface area contributed by atoms with Gasteiger partial charge < -0.3 is 14.7 Å². The second-order valence-corrected chi connectivity index (χ2v) is 11.7. The molecule has 3 aromatic rings. The molecule has 2 aliphatic rings. The number of nitriles is 1. The van der Waals surface area contributed by atoms with Crippen molar-refractivity contribution in [2.75, 3.05) is 62.2 Å². The van der Waals surface area contributed by atoms with Crippen molar-refractivity contribution in [3.05, 3.63) is 82.9 Å². The number of aryl methyl sites for hydroxylation is 2. The summed E-state index contributed by atoms with van der Waals surface area (Å²) in [6, 6.07) is 22.5. The number of carbonyl (C=O) groups is 1. The number of anilines is 2. The van der Waals surface area contributed by atoms with Gasteiger partial charge in [-0.3, -0.25) is 9.93 Å². The van der Waals surface area contributed by atoms with E-state index in [0.717, 1.165) is 77.1 Å². The number of hydrogen-bond acceptors (Lipinski definition) is 8. The molecule has 7 nitrogen and oxygen atoms in total. The van der Waals surface area contributed by atoms with E-state index < -0.39 is 0 Å². The van der Waals surface area contributed by atoms with E-state index in [9.17, 15) is 10.1 Å². The first kappa shape index (κ1) is 27.4. The van der Waals surface area contributed by atoms with E-state index in [1.54, 1.807) is 11.9 Å². The van der Waals surface area contributed by atoms with Crippen LogP contribution in [0, 0.1) is 25.2 Å². The minimum atomic E-state index is 0.105. The number of nitrogens with zero attached hydrogens (tertiary/aromatic N) is 5. The number of carbonyl (C=O) groups excluding carboxylic acids is 1. The fourth-order valence-corrected chi connectivity index (χ4v) is 6.78. The Labute approximate surface area is 239 Å². The maximum absolute atomic E-state index is 13.6. The largest absolute Gasteiger partial charge is 0.368 e. The van der Waals surface area contributed by atoms with Gasteiger partial charge in [-0.25, -0.2) is 4.31 Å². The molecule has 1 amide bonds. The summed E-state index contributed by atoms with van der Waals surface area (Å²) in [7, 11) is 0. The Bertz CT molecular complexity index is 1370. The highest BCUT2D eigenvalue weighted by Crippen LogP contribution is 2.32. The quantitative estimate of drug-likeness (QED) is 0.427. The molecule has 9 heteroatoms. The van der Waals surface area contributed by atoms with Crippen molar-refractivity contribution in [2.45, 2.75) is 23.6 Å². The summed E-state index contributed by atoms with van der Waals surface area (Å²) in [5, 5.41) is 15.3. The van der Waals surface area contributed by atoms with Gasteiger partial charge in [0, 0.05) is 67.7 Å². The number of amides is 1. The van der Waals surface area contributed by atoms with Gasteiger partial charge in [-0.2, -0.15) is 5.26 Å². The molecule has 0 spiro atoms. The first-order chi connectivity index (χ1) is 19.0. The third kappa shape index (κ3) is 6.04. The molecule has 2 fully saturated rings. The van der Waals surface area contributed by atoms with Gasteiger partial charge in [-0.1, -0.05) is 30.3 Å². The monoisotopic (exact) mass is 558 g/mol. The van der Waals surface area contributed by atoms with Gasteiger partial charge in [0.1, 0.15) is 6.07 Å². The predicted molar refractivity (Wildman–Crippen MR) is 161 cm³/mol. The zero-order valence-corrected chi connectivity index (χ0v) is 24.1. The van der Waals surface area contributed by atoms with Crippen LogP contribution >= 0.6 is 23.9 Å². The van der Waals surface area contributed by atoms with Crippen LogP contribution in [-0.4, -0.2) is 67.5 Å². The van der Waals surface area contributed by atoms with Crippen molar-refractivity contribution in [1.82, 2.24) is 9.21 Å². The highest BCUT2D eigenvalue weighted by molar-refractivity contribution is 7.97. The smallest absolute Gasteiger partial charge is 0.254 e. The first-order valence-electron chi connectivity index (χ1n) is 13.3. The van der Waals surface area contributed by atoms with Crippen LogP contribution in [0.1, 0.15) is 27.0 Å². The topological polar surface area (TPSA) is 79.8 Å². The van der Waals surface area contributed by atoms with Crippen LogP contribution in [-0.2, 0) is 0 Å². The molecule has 0 atom stereocenters. The third-order valence-electron chi connectivity index (χ3n) is 7.48. The maximum Gasteiger partial charge on any atom is 0.254 e. The summed E-state index contributed by atoms with van der Waals surface area (Å²) < 4.78 is 2.36. The summed E-state index contributed by atoms with van der Waals surface area (Å²) in [6.07, 6.45) is 0. The first-order valence-corrected chi connectivity index (χ1v) is 14.9. The molecule has 0 saturated carbocycles. The van der Waals surface area contributed by atoms with Crippen LogP contribution in [0.2, 0.25) is 0 Å². The molecular weight excluding hydrogens is 525 g/mol. The molecule has 0 aliphatic carbocycles. The lowest BCUT2D eigenvalue weighted by Crippen LogP contribution is -2.49. The van der Waals surface area contributed by atoms with Gasteiger partial charge in [0.05, 0.1) is 16.9 Å². The van der Waals surface area contributed by atoms with Gasteiger partial charge in [0.25, 0.3) is 5.91 Å². The number of benzene rings is 3. The molecule has 3 aromatic carbocycles.